The molecule has 4 heteroatoms. The third-order valence-corrected chi connectivity index (χ3v) is 15.1. The zero-order valence-electron chi connectivity index (χ0n) is 50.3. The van der Waals surface area contributed by atoms with Gasteiger partial charge in [0.05, 0.1) is 18.8 Å². The monoisotopic (exact) mass is 1040 g/mol. The molecule has 0 spiro atoms. The number of amides is 1. The quantitative estimate of drug-likeness (QED) is 0.0420. The van der Waals surface area contributed by atoms with Gasteiger partial charge in [-0.2, -0.15) is 0 Å². The van der Waals surface area contributed by atoms with Crippen molar-refractivity contribution in [2.24, 2.45) is 0 Å². The first-order valence-corrected chi connectivity index (χ1v) is 33.3. The second kappa shape index (κ2) is 65.9. The third kappa shape index (κ3) is 62.3. The number of carbonyl (C=O) groups excluding carboxylic acids is 1. The summed E-state index contributed by atoms with van der Waals surface area (Å²) in [7, 11) is 0. The molecule has 436 valence electrons. The van der Waals surface area contributed by atoms with Crippen molar-refractivity contribution in [1.82, 2.24) is 5.32 Å². The lowest BCUT2D eigenvalue weighted by atomic mass is 10.0. The van der Waals surface area contributed by atoms with Crippen molar-refractivity contribution in [3.8, 4) is 0 Å². The van der Waals surface area contributed by atoms with Gasteiger partial charge in [-0.25, -0.2) is 0 Å². The highest BCUT2D eigenvalue weighted by Crippen LogP contribution is 2.18. The van der Waals surface area contributed by atoms with Gasteiger partial charge in [-0.3, -0.25) is 4.79 Å². The van der Waals surface area contributed by atoms with Gasteiger partial charge >= 0.3 is 0 Å². The third-order valence-electron chi connectivity index (χ3n) is 15.1. The number of allylic oxidation sites excluding steroid dienone is 13. The standard InChI is InChI=1S/C71H129NO3/c1-3-5-7-9-11-13-15-17-19-21-23-25-27-29-31-32-33-34-35-36-37-38-39-40-41-43-45-47-49-51-53-55-57-59-61-63-65-67-71(75)72-69(68-73)70(74)66-64-62-60-58-56-54-52-50-48-46-44-42-30-28-26-24-22-20-18-16-14-12-10-8-6-4-2/h5,7,11,13,17,19,23,25,29,31,56,58,64,66,69-70,73-74H,3-4,6,8-10,12,14-16,18,20-22,24,26-28,30,32-55,57,59-63,65,67-68H2,1-2H3,(H,72,75)/b7-5-,13-11-,19-17-,25-23-,31-29-,58-56+,66-64+. The van der Waals surface area contributed by atoms with Crippen LogP contribution in [0, 0.1) is 0 Å². The van der Waals surface area contributed by atoms with Crippen LogP contribution in [-0.4, -0.2) is 34.9 Å². The predicted octanol–water partition coefficient (Wildman–Crippen LogP) is 22.7. The summed E-state index contributed by atoms with van der Waals surface area (Å²) in [5.74, 6) is -0.0694. The number of carbonyl (C=O) groups is 1. The fraction of sp³-hybridized carbons (Fsp3) is 0.789. The minimum atomic E-state index is -0.865. The van der Waals surface area contributed by atoms with E-state index in [4.69, 9.17) is 0 Å². The number of unbranched alkanes of at least 4 members (excludes halogenated alkanes) is 42. The van der Waals surface area contributed by atoms with E-state index in [1.165, 1.54) is 257 Å². The molecule has 0 fully saturated rings. The number of aliphatic hydroxyl groups is 2. The zero-order valence-corrected chi connectivity index (χ0v) is 50.3. The second-order valence-electron chi connectivity index (χ2n) is 22.5. The van der Waals surface area contributed by atoms with Gasteiger partial charge in [-0.1, -0.05) is 343 Å². The fourth-order valence-electron chi connectivity index (χ4n) is 10.1. The maximum atomic E-state index is 12.5. The Morgan fingerprint density at radius 3 is 0.933 bits per heavy atom. The molecule has 0 radical (unpaired) electrons. The minimum absolute atomic E-state index is 0.0694. The smallest absolute Gasteiger partial charge is 0.220 e. The van der Waals surface area contributed by atoms with Gasteiger partial charge in [0.1, 0.15) is 0 Å². The van der Waals surface area contributed by atoms with Crippen molar-refractivity contribution in [1.29, 1.82) is 0 Å². The largest absolute Gasteiger partial charge is 0.394 e. The molecule has 0 saturated carbocycles. The summed E-state index contributed by atoms with van der Waals surface area (Å²) in [5.41, 5.74) is 0. The van der Waals surface area contributed by atoms with Crippen LogP contribution in [0.15, 0.2) is 85.1 Å². The number of hydrogen-bond donors (Lipinski definition) is 3. The molecule has 1 amide bonds. The van der Waals surface area contributed by atoms with Gasteiger partial charge in [0.25, 0.3) is 0 Å². The molecule has 0 aliphatic heterocycles. The van der Waals surface area contributed by atoms with E-state index in [0.717, 1.165) is 64.2 Å². The molecule has 0 aromatic heterocycles. The van der Waals surface area contributed by atoms with Crippen LogP contribution < -0.4 is 5.32 Å². The van der Waals surface area contributed by atoms with E-state index < -0.39 is 12.1 Å². The first-order chi connectivity index (χ1) is 37.2. The van der Waals surface area contributed by atoms with Crippen LogP contribution in [0.1, 0.15) is 341 Å². The highest BCUT2D eigenvalue weighted by Gasteiger charge is 2.18. The normalized spacial score (nSPS) is 13.3. The molecule has 0 heterocycles. The highest BCUT2D eigenvalue weighted by atomic mass is 16.3. The van der Waals surface area contributed by atoms with Crippen LogP contribution in [-0.2, 0) is 4.79 Å². The van der Waals surface area contributed by atoms with Crippen molar-refractivity contribution >= 4 is 5.91 Å². The second-order valence-corrected chi connectivity index (χ2v) is 22.5. The SMILES string of the molecule is CC/C=C\C/C=C\C/C=C\C/C=C\C/C=C\CCCCCCCCCCCCCCCCCCCCCCCC(=O)NC(CO)C(O)/C=C/CC/C=C/CCCCCCCCCCCCCCCCCCCCCC. The van der Waals surface area contributed by atoms with Crippen LogP contribution in [0.5, 0.6) is 0 Å². The summed E-state index contributed by atoms with van der Waals surface area (Å²) in [5, 5.41) is 23.2. The highest BCUT2D eigenvalue weighted by molar-refractivity contribution is 5.76. The predicted molar refractivity (Wildman–Crippen MR) is 336 cm³/mol. The fourth-order valence-corrected chi connectivity index (χ4v) is 10.1. The van der Waals surface area contributed by atoms with Crippen molar-refractivity contribution in [3.63, 3.8) is 0 Å². The Kier molecular flexibility index (Phi) is 63.7. The molecule has 0 aromatic carbocycles. The van der Waals surface area contributed by atoms with Gasteiger partial charge in [0, 0.05) is 6.42 Å². The first-order valence-electron chi connectivity index (χ1n) is 33.3. The lowest BCUT2D eigenvalue weighted by Crippen LogP contribution is -2.45. The first kappa shape index (κ1) is 72.6. The van der Waals surface area contributed by atoms with Gasteiger partial charge < -0.3 is 15.5 Å². The van der Waals surface area contributed by atoms with E-state index in [2.05, 4.69) is 92.1 Å². The Hall–Kier alpha value is -2.43. The van der Waals surface area contributed by atoms with E-state index in [9.17, 15) is 15.0 Å². The molecule has 2 unspecified atom stereocenters. The molecule has 0 rings (SSSR count). The topological polar surface area (TPSA) is 69.6 Å². The molecular weight excluding hydrogens is 915 g/mol. The summed E-state index contributed by atoms with van der Waals surface area (Å²) in [6.07, 6.45) is 96.6. The van der Waals surface area contributed by atoms with Crippen molar-refractivity contribution in [3.05, 3.63) is 85.1 Å². The van der Waals surface area contributed by atoms with Crippen molar-refractivity contribution in [2.75, 3.05) is 6.61 Å². The Bertz CT molecular complexity index is 1320. The summed E-state index contributed by atoms with van der Waals surface area (Å²) in [4.78, 5) is 12.5. The summed E-state index contributed by atoms with van der Waals surface area (Å²) in [6.45, 7) is 4.21. The van der Waals surface area contributed by atoms with Gasteiger partial charge in [0.2, 0.25) is 5.91 Å². The van der Waals surface area contributed by atoms with Crippen LogP contribution in [0.2, 0.25) is 0 Å². The van der Waals surface area contributed by atoms with Gasteiger partial charge in [-0.15, -0.1) is 0 Å². The number of nitrogens with one attached hydrogen (secondary N) is 1. The van der Waals surface area contributed by atoms with E-state index in [-0.39, 0.29) is 12.5 Å². The van der Waals surface area contributed by atoms with Gasteiger partial charge in [-0.05, 0) is 77.0 Å². The molecule has 4 nitrogen and oxygen atoms in total. The number of hydrogen-bond acceptors (Lipinski definition) is 3. The van der Waals surface area contributed by atoms with E-state index in [0.29, 0.717) is 6.42 Å². The van der Waals surface area contributed by atoms with E-state index in [1.807, 2.05) is 6.08 Å². The van der Waals surface area contributed by atoms with E-state index in [1.54, 1.807) is 6.08 Å². The molecule has 3 N–H and O–H groups in total. The van der Waals surface area contributed by atoms with Crippen LogP contribution in [0.3, 0.4) is 0 Å². The molecule has 0 aromatic rings. The van der Waals surface area contributed by atoms with Crippen LogP contribution >= 0.6 is 0 Å². The average molecular weight is 1040 g/mol. The maximum Gasteiger partial charge on any atom is 0.220 e. The van der Waals surface area contributed by atoms with Gasteiger partial charge in [0.15, 0.2) is 0 Å². The molecule has 75 heavy (non-hydrogen) atoms. The van der Waals surface area contributed by atoms with Crippen molar-refractivity contribution < 1.29 is 15.0 Å². The maximum absolute atomic E-state index is 12.5. The molecule has 2 atom stereocenters. The van der Waals surface area contributed by atoms with Crippen molar-refractivity contribution in [2.45, 2.75) is 353 Å². The van der Waals surface area contributed by atoms with Crippen LogP contribution in [0.25, 0.3) is 0 Å². The Labute approximate surface area is 469 Å². The molecule has 0 saturated heterocycles. The summed E-state index contributed by atoms with van der Waals surface area (Å²) < 4.78 is 0. The Balaban J connectivity index is 3.47. The molecule has 0 aliphatic carbocycles. The molecule has 0 bridgehead atoms. The average Bonchev–Trinajstić information content (AvgIpc) is 3.41. The lowest BCUT2D eigenvalue weighted by Gasteiger charge is -2.19. The zero-order chi connectivity index (χ0) is 54.1. The number of rotatable bonds is 61. The van der Waals surface area contributed by atoms with E-state index >= 15 is 0 Å². The lowest BCUT2D eigenvalue weighted by molar-refractivity contribution is -0.123. The Morgan fingerprint density at radius 1 is 0.333 bits per heavy atom. The van der Waals surface area contributed by atoms with Crippen LogP contribution in [0.4, 0.5) is 0 Å². The summed E-state index contributed by atoms with van der Waals surface area (Å²) in [6, 6.07) is -0.642. The summed E-state index contributed by atoms with van der Waals surface area (Å²) >= 11 is 0. The number of aliphatic hydroxyl groups excluding tert-OH is 2. The Morgan fingerprint density at radius 2 is 0.600 bits per heavy atom. The molecule has 0 aliphatic rings. The molecular formula is C71H129NO3. The minimum Gasteiger partial charge on any atom is -0.394 e.